The van der Waals surface area contributed by atoms with Gasteiger partial charge in [0.1, 0.15) is 11.6 Å². The fourth-order valence-electron chi connectivity index (χ4n) is 1.38. The zero-order valence-corrected chi connectivity index (χ0v) is 8.67. The van der Waals surface area contributed by atoms with Crippen LogP contribution in [0.5, 0.6) is 0 Å². The molecule has 0 unspecified atom stereocenters. The summed E-state index contributed by atoms with van der Waals surface area (Å²) in [7, 11) is 0. The Hall–Kier alpha value is -1.16. The third-order valence-electron chi connectivity index (χ3n) is 2.40. The molecule has 1 saturated carbocycles. The average molecular weight is 209 g/mol. The van der Waals surface area contributed by atoms with E-state index in [2.05, 4.69) is 15.6 Å². The van der Waals surface area contributed by atoms with E-state index in [-0.39, 0.29) is 5.82 Å². The molecule has 1 heterocycles. The Morgan fingerprint density at radius 3 is 2.87 bits per heavy atom. The van der Waals surface area contributed by atoms with Crippen molar-refractivity contribution in [3.63, 3.8) is 0 Å². The molecule has 1 aliphatic carbocycles. The van der Waals surface area contributed by atoms with Crippen molar-refractivity contribution in [2.45, 2.75) is 25.3 Å². The van der Waals surface area contributed by atoms with Gasteiger partial charge in [0.15, 0.2) is 0 Å². The SMILES string of the molecule is Fc1ccc(NCCCNC2CC2)nc1. The largest absolute Gasteiger partial charge is 0.370 e. The Kier molecular flexibility index (Phi) is 3.50. The van der Waals surface area contributed by atoms with Gasteiger partial charge in [-0.15, -0.1) is 0 Å². The first-order valence-electron chi connectivity index (χ1n) is 5.43. The third-order valence-corrected chi connectivity index (χ3v) is 2.40. The molecule has 0 spiro atoms. The van der Waals surface area contributed by atoms with Crippen LogP contribution in [0, 0.1) is 5.82 Å². The lowest BCUT2D eigenvalue weighted by atomic mass is 10.4. The molecule has 82 valence electrons. The quantitative estimate of drug-likeness (QED) is 0.701. The van der Waals surface area contributed by atoms with E-state index in [1.807, 2.05) is 0 Å². The predicted octanol–water partition coefficient (Wildman–Crippen LogP) is 1.77. The summed E-state index contributed by atoms with van der Waals surface area (Å²) in [6.45, 7) is 1.91. The molecule has 15 heavy (non-hydrogen) atoms. The van der Waals surface area contributed by atoms with Crippen LogP contribution in [0.3, 0.4) is 0 Å². The Morgan fingerprint density at radius 2 is 2.20 bits per heavy atom. The zero-order chi connectivity index (χ0) is 10.5. The van der Waals surface area contributed by atoms with Gasteiger partial charge < -0.3 is 10.6 Å². The fraction of sp³-hybridized carbons (Fsp3) is 0.545. The highest BCUT2D eigenvalue weighted by molar-refractivity contribution is 5.33. The summed E-state index contributed by atoms with van der Waals surface area (Å²) in [6, 6.07) is 3.84. The topological polar surface area (TPSA) is 37.0 Å². The molecule has 1 fully saturated rings. The number of hydrogen-bond acceptors (Lipinski definition) is 3. The lowest BCUT2D eigenvalue weighted by Gasteiger charge is -2.05. The first kappa shape index (κ1) is 10.4. The van der Waals surface area contributed by atoms with Crippen LogP contribution < -0.4 is 10.6 Å². The van der Waals surface area contributed by atoms with Crippen molar-refractivity contribution >= 4 is 5.82 Å². The van der Waals surface area contributed by atoms with Crippen LogP contribution in [0.1, 0.15) is 19.3 Å². The van der Waals surface area contributed by atoms with E-state index in [9.17, 15) is 4.39 Å². The minimum Gasteiger partial charge on any atom is -0.370 e. The smallest absolute Gasteiger partial charge is 0.141 e. The van der Waals surface area contributed by atoms with E-state index in [0.29, 0.717) is 0 Å². The van der Waals surface area contributed by atoms with Crippen LogP contribution in [-0.2, 0) is 0 Å². The maximum absolute atomic E-state index is 12.5. The summed E-state index contributed by atoms with van der Waals surface area (Å²) < 4.78 is 12.5. The van der Waals surface area contributed by atoms with Crippen LogP contribution >= 0.6 is 0 Å². The molecule has 1 aliphatic rings. The molecular weight excluding hydrogens is 193 g/mol. The van der Waals surface area contributed by atoms with Crippen LogP contribution in [0.15, 0.2) is 18.3 Å². The van der Waals surface area contributed by atoms with E-state index in [1.54, 1.807) is 6.07 Å². The number of nitrogens with zero attached hydrogens (tertiary/aromatic N) is 1. The monoisotopic (exact) mass is 209 g/mol. The van der Waals surface area contributed by atoms with Crippen molar-refractivity contribution < 1.29 is 4.39 Å². The summed E-state index contributed by atoms with van der Waals surface area (Å²) in [5.74, 6) is 0.443. The van der Waals surface area contributed by atoms with E-state index in [4.69, 9.17) is 0 Å². The lowest BCUT2D eigenvalue weighted by Crippen LogP contribution is -2.20. The first-order valence-corrected chi connectivity index (χ1v) is 5.43. The number of aromatic nitrogens is 1. The summed E-state index contributed by atoms with van der Waals surface area (Å²) in [5, 5.41) is 6.58. The van der Waals surface area contributed by atoms with Gasteiger partial charge in [-0.3, -0.25) is 0 Å². The second-order valence-electron chi connectivity index (χ2n) is 3.87. The van der Waals surface area contributed by atoms with Gasteiger partial charge in [-0.2, -0.15) is 0 Å². The molecule has 1 aromatic rings. The Labute approximate surface area is 89.1 Å². The molecule has 0 bridgehead atoms. The number of nitrogens with one attached hydrogen (secondary N) is 2. The van der Waals surface area contributed by atoms with Crippen molar-refractivity contribution in [1.29, 1.82) is 0 Å². The Bertz CT molecular complexity index is 295. The van der Waals surface area contributed by atoms with Gasteiger partial charge in [0.2, 0.25) is 0 Å². The molecular formula is C11H16FN3. The molecule has 0 aliphatic heterocycles. The van der Waals surface area contributed by atoms with Gasteiger partial charge in [0.25, 0.3) is 0 Å². The minimum absolute atomic E-state index is 0.295. The summed E-state index contributed by atoms with van der Waals surface area (Å²) in [6.07, 6.45) is 4.94. The summed E-state index contributed by atoms with van der Waals surface area (Å²) in [5.41, 5.74) is 0. The molecule has 2 rings (SSSR count). The van der Waals surface area contributed by atoms with E-state index in [1.165, 1.54) is 25.1 Å². The Morgan fingerprint density at radius 1 is 1.33 bits per heavy atom. The van der Waals surface area contributed by atoms with Crippen molar-refractivity contribution in [1.82, 2.24) is 10.3 Å². The molecule has 1 aromatic heterocycles. The van der Waals surface area contributed by atoms with E-state index >= 15 is 0 Å². The van der Waals surface area contributed by atoms with Gasteiger partial charge in [-0.25, -0.2) is 9.37 Å². The van der Waals surface area contributed by atoms with E-state index < -0.39 is 0 Å². The average Bonchev–Trinajstić information content (AvgIpc) is 3.04. The number of halogens is 1. The summed E-state index contributed by atoms with van der Waals surface area (Å²) >= 11 is 0. The standard InChI is InChI=1S/C11H16FN3/c12-9-2-5-11(15-8-9)14-7-1-6-13-10-3-4-10/h2,5,8,10,13H,1,3-4,6-7H2,(H,14,15). The summed E-state index contributed by atoms with van der Waals surface area (Å²) in [4.78, 5) is 3.92. The van der Waals surface area contributed by atoms with Gasteiger partial charge in [0, 0.05) is 12.6 Å². The molecule has 0 amide bonds. The normalized spacial score (nSPS) is 15.3. The van der Waals surface area contributed by atoms with Crippen LogP contribution in [0.4, 0.5) is 10.2 Å². The highest BCUT2D eigenvalue weighted by atomic mass is 19.1. The molecule has 4 heteroatoms. The second kappa shape index (κ2) is 5.07. The molecule has 3 nitrogen and oxygen atoms in total. The number of anilines is 1. The first-order chi connectivity index (χ1) is 7.34. The molecule has 0 saturated heterocycles. The number of rotatable bonds is 6. The predicted molar refractivity (Wildman–Crippen MR) is 58.3 cm³/mol. The minimum atomic E-state index is -0.295. The zero-order valence-electron chi connectivity index (χ0n) is 8.67. The van der Waals surface area contributed by atoms with Crippen LogP contribution in [0.25, 0.3) is 0 Å². The van der Waals surface area contributed by atoms with Crippen molar-refractivity contribution in [2.24, 2.45) is 0 Å². The third kappa shape index (κ3) is 3.83. The van der Waals surface area contributed by atoms with Gasteiger partial charge in [-0.05, 0) is 37.9 Å². The van der Waals surface area contributed by atoms with Gasteiger partial charge in [0.05, 0.1) is 6.20 Å². The van der Waals surface area contributed by atoms with Crippen molar-refractivity contribution in [2.75, 3.05) is 18.4 Å². The number of pyridine rings is 1. The second-order valence-corrected chi connectivity index (χ2v) is 3.87. The molecule has 0 aromatic carbocycles. The maximum atomic E-state index is 12.5. The van der Waals surface area contributed by atoms with Crippen LogP contribution in [0.2, 0.25) is 0 Å². The van der Waals surface area contributed by atoms with Gasteiger partial charge in [-0.1, -0.05) is 0 Å². The molecule has 0 atom stereocenters. The van der Waals surface area contributed by atoms with E-state index in [0.717, 1.165) is 31.4 Å². The maximum Gasteiger partial charge on any atom is 0.141 e. The van der Waals surface area contributed by atoms with Crippen LogP contribution in [-0.4, -0.2) is 24.1 Å². The highest BCUT2D eigenvalue weighted by Gasteiger charge is 2.19. The molecule has 2 N–H and O–H groups in total. The van der Waals surface area contributed by atoms with Gasteiger partial charge >= 0.3 is 0 Å². The fourth-order valence-corrected chi connectivity index (χ4v) is 1.38. The highest BCUT2D eigenvalue weighted by Crippen LogP contribution is 2.18. The Balaban J connectivity index is 1.58. The van der Waals surface area contributed by atoms with Crippen molar-refractivity contribution in [3.8, 4) is 0 Å². The lowest BCUT2D eigenvalue weighted by molar-refractivity contribution is 0.621. The van der Waals surface area contributed by atoms with Crippen molar-refractivity contribution in [3.05, 3.63) is 24.1 Å². The number of hydrogen-bond donors (Lipinski definition) is 2. The molecule has 0 radical (unpaired) electrons.